The average Bonchev–Trinajstić information content (AvgIpc) is 3.35. The van der Waals surface area contributed by atoms with E-state index >= 15 is 0 Å². The van der Waals surface area contributed by atoms with Gasteiger partial charge in [0.1, 0.15) is 0 Å². The molecule has 162 valence electrons. The van der Waals surface area contributed by atoms with Crippen LogP contribution in [0.3, 0.4) is 0 Å². The standard InChI is InChI=1S/C22H24ClN5O3/c1-14-24-20(31-27-14)13-18-12-19(23)5-3-17(18)4-6-22(29)28-9-7-16(8-10-28)11-21-26-25-15(2)30-21/h3-6,12,16H,7-11,13H2,1-2H3. The summed E-state index contributed by atoms with van der Waals surface area (Å²) in [6.07, 6.45) is 6.50. The van der Waals surface area contributed by atoms with Crippen LogP contribution in [0.2, 0.25) is 5.02 Å². The van der Waals surface area contributed by atoms with Gasteiger partial charge in [-0.25, -0.2) is 0 Å². The lowest BCUT2D eigenvalue weighted by atomic mass is 9.93. The van der Waals surface area contributed by atoms with Crippen molar-refractivity contribution in [2.45, 2.75) is 39.5 Å². The molecule has 3 aromatic rings. The van der Waals surface area contributed by atoms with E-state index in [1.54, 1.807) is 26.0 Å². The predicted octanol–water partition coefficient (Wildman–Crippen LogP) is 3.81. The van der Waals surface area contributed by atoms with E-state index in [2.05, 4.69) is 20.3 Å². The first-order chi connectivity index (χ1) is 15.0. The lowest BCUT2D eigenvalue weighted by Gasteiger charge is -2.30. The molecule has 0 spiro atoms. The third-order valence-corrected chi connectivity index (χ3v) is 5.61. The van der Waals surface area contributed by atoms with E-state index < -0.39 is 0 Å². The smallest absolute Gasteiger partial charge is 0.246 e. The molecule has 0 saturated carbocycles. The summed E-state index contributed by atoms with van der Waals surface area (Å²) in [6.45, 7) is 5.00. The van der Waals surface area contributed by atoms with Crippen LogP contribution in [0.25, 0.3) is 6.08 Å². The predicted molar refractivity (Wildman–Crippen MR) is 114 cm³/mol. The van der Waals surface area contributed by atoms with Crippen molar-refractivity contribution in [3.8, 4) is 0 Å². The second-order valence-electron chi connectivity index (χ2n) is 7.78. The van der Waals surface area contributed by atoms with Crippen molar-refractivity contribution in [1.29, 1.82) is 0 Å². The lowest BCUT2D eigenvalue weighted by molar-refractivity contribution is -0.127. The van der Waals surface area contributed by atoms with Gasteiger partial charge in [0.2, 0.25) is 23.6 Å². The molecule has 1 aromatic carbocycles. The second kappa shape index (κ2) is 9.43. The molecule has 3 heterocycles. The molecular formula is C22H24ClN5O3. The van der Waals surface area contributed by atoms with Gasteiger partial charge in [-0.2, -0.15) is 4.98 Å². The maximum Gasteiger partial charge on any atom is 0.246 e. The van der Waals surface area contributed by atoms with E-state index in [1.807, 2.05) is 23.1 Å². The van der Waals surface area contributed by atoms with Crippen molar-refractivity contribution >= 4 is 23.6 Å². The number of hydrogen-bond donors (Lipinski definition) is 0. The monoisotopic (exact) mass is 441 g/mol. The number of benzene rings is 1. The number of halogens is 1. The minimum absolute atomic E-state index is 0.00150. The largest absolute Gasteiger partial charge is 0.426 e. The molecule has 1 amide bonds. The van der Waals surface area contributed by atoms with Crippen molar-refractivity contribution in [3.05, 3.63) is 63.9 Å². The van der Waals surface area contributed by atoms with Crippen LogP contribution >= 0.6 is 11.6 Å². The van der Waals surface area contributed by atoms with E-state index in [4.69, 9.17) is 20.5 Å². The van der Waals surface area contributed by atoms with Crippen LogP contribution in [0.4, 0.5) is 0 Å². The fourth-order valence-electron chi connectivity index (χ4n) is 3.76. The quantitative estimate of drug-likeness (QED) is 0.536. The minimum Gasteiger partial charge on any atom is -0.426 e. The zero-order valence-electron chi connectivity index (χ0n) is 17.5. The molecule has 2 aromatic heterocycles. The molecule has 0 unspecified atom stereocenters. The lowest BCUT2D eigenvalue weighted by Crippen LogP contribution is -2.38. The Bertz CT molecular complexity index is 1080. The molecule has 1 aliphatic heterocycles. The molecule has 31 heavy (non-hydrogen) atoms. The Balaban J connectivity index is 1.36. The van der Waals surface area contributed by atoms with Gasteiger partial charge < -0.3 is 13.8 Å². The number of likely N-dealkylation sites (tertiary alicyclic amines) is 1. The van der Waals surface area contributed by atoms with Crippen molar-refractivity contribution in [2.75, 3.05) is 13.1 Å². The maximum atomic E-state index is 12.7. The number of carbonyl (C=O) groups excluding carboxylic acids is 1. The minimum atomic E-state index is 0.00150. The Kier molecular flexibility index (Phi) is 6.46. The first kappa shape index (κ1) is 21.2. The average molecular weight is 442 g/mol. The van der Waals surface area contributed by atoms with Crippen molar-refractivity contribution < 1.29 is 13.7 Å². The summed E-state index contributed by atoms with van der Waals surface area (Å²) in [5.74, 6) is 2.81. The molecule has 8 nitrogen and oxygen atoms in total. The first-order valence-corrected chi connectivity index (χ1v) is 10.7. The van der Waals surface area contributed by atoms with E-state index in [1.165, 1.54) is 0 Å². The van der Waals surface area contributed by atoms with Gasteiger partial charge in [0.15, 0.2) is 5.82 Å². The van der Waals surface area contributed by atoms with Crippen LogP contribution in [0, 0.1) is 19.8 Å². The number of piperidine rings is 1. The molecule has 0 bridgehead atoms. The fraction of sp³-hybridized carbons (Fsp3) is 0.409. The number of carbonyl (C=O) groups is 1. The number of rotatable bonds is 6. The summed E-state index contributed by atoms with van der Waals surface area (Å²) in [4.78, 5) is 18.8. The van der Waals surface area contributed by atoms with Crippen LogP contribution in [-0.4, -0.2) is 44.2 Å². The third-order valence-electron chi connectivity index (χ3n) is 5.38. The molecule has 1 fully saturated rings. The van der Waals surface area contributed by atoms with Crippen molar-refractivity contribution in [3.63, 3.8) is 0 Å². The SMILES string of the molecule is Cc1noc(Cc2cc(Cl)ccc2C=CC(=O)N2CCC(Cc3nnc(C)o3)CC2)n1. The molecule has 1 saturated heterocycles. The molecule has 0 radical (unpaired) electrons. The highest BCUT2D eigenvalue weighted by Crippen LogP contribution is 2.23. The second-order valence-corrected chi connectivity index (χ2v) is 8.21. The molecule has 1 aliphatic rings. The zero-order valence-corrected chi connectivity index (χ0v) is 18.3. The summed E-state index contributed by atoms with van der Waals surface area (Å²) < 4.78 is 10.7. The molecule has 4 rings (SSSR count). The number of hydrogen-bond acceptors (Lipinski definition) is 7. The zero-order chi connectivity index (χ0) is 21.8. The van der Waals surface area contributed by atoms with Gasteiger partial charge in [0, 0.05) is 37.5 Å². The van der Waals surface area contributed by atoms with Gasteiger partial charge in [0.05, 0.1) is 6.42 Å². The van der Waals surface area contributed by atoms with Crippen LogP contribution in [0.5, 0.6) is 0 Å². The van der Waals surface area contributed by atoms with Crippen LogP contribution < -0.4 is 0 Å². The van der Waals surface area contributed by atoms with Crippen LogP contribution in [0.15, 0.2) is 33.2 Å². The first-order valence-electron chi connectivity index (χ1n) is 10.3. The van der Waals surface area contributed by atoms with E-state index in [9.17, 15) is 4.79 Å². The fourth-order valence-corrected chi connectivity index (χ4v) is 3.95. The van der Waals surface area contributed by atoms with E-state index in [0.29, 0.717) is 40.9 Å². The summed E-state index contributed by atoms with van der Waals surface area (Å²) >= 11 is 6.16. The van der Waals surface area contributed by atoms with Gasteiger partial charge in [-0.15, -0.1) is 10.2 Å². The third kappa shape index (κ3) is 5.58. The molecule has 0 atom stereocenters. The summed E-state index contributed by atoms with van der Waals surface area (Å²) in [6, 6.07) is 5.55. The Labute approximate surface area is 185 Å². The summed E-state index contributed by atoms with van der Waals surface area (Å²) in [5.41, 5.74) is 1.82. The van der Waals surface area contributed by atoms with Gasteiger partial charge >= 0.3 is 0 Å². The van der Waals surface area contributed by atoms with Gasteiger partial charge in [-0.05, 0) is 55.0 Å². The normalized spacial score (nSPS) is 15.1. The van der Waals surface area contributed by atoms with Gasteiger partial charge in [-0.1, -0.05) is 22.8 Å². The summed E-state index contributed by atoms with van der Waals surface area (Å²) in [7, 11) is 0. The van der Waals surface area contributed by atoms with Crippen LogP contribution in [0.1, 0.15) is 47.5 Å². The highest BCUT2D eigenvalue weighted by atomic mass is 35.5. The molecule has 0 N–H and O–H groups in total. The van der Waals surface area contributed by atoms with E-state index in [0.717, 1.165) is 43.5 Å². The molecular weight excluding hydrogens is 418 g/mol. The number of amides is 1. The topological polar surface area (TPSA) is 98.2 Å². The van der Waals surface area contributed by atoms with Crippen LogP contribution in [-0.2, 0) is 17.6 Å². The molecule has 9 heteroatoms. The Morgan fingerprint density at radius 1 is 1.23 bits per heavy atom. The number of nitrogens with zero attached hydrogens (tertiary/aromatic N) is 5. The molecule has 0 aliphatic carbocycles. The highest BCUT2D eigenvalue weighted by molar-refractivity contribution is 6.30. The summed E-state index contributed by atoms with van der Waals surface area (Å²) in [5, 5.41) is 12.4. The Morgan fingerprint density at radius 3 is 2.71 bits per heavy atom. The highest BCUT2D eigenvalue weighted by Gasteiger charge is 2.23. The maximum absolute atomic E-state index is 12.7. The van der Waals surface area contributed by atoms with Crippen molar-refractivity contribution in [2.24, 2.45) is 5.92 Å². The Morgan fingerprint density at radius 2 is 2.03 bits per heavy atom. The van der Waals surface area contributed by atoms with E-state index in [-0.39, 0.29) is 5.91 Å². The number of aryl methyl sites for hydroxylation is 2. The van der Waals surface area contributed by atoms with Crippen molar-refractivity contribution in [1.82, 2.24) is 25.2 Å². The van der Waals surface area contributed by atoms with Gasteiger partial charge in [0.25, 0.3) is 0 Å². The van der Waals surface area contributed by atoms with Gasteiger partial charge in [-0.3, -0.25) is 4.79 Å². The number of aromatic nitrogens is 4. The Hall–Kier alpha value is -3.00.